The van der Waals surface area contributed by atoms with Gasteiger partial charge in [0.05, 0.1) is 5.69 Å². The predicted molar refractivity (Wildman–Crippen MR) is 105 cm³/mol. The number of ketones is 1. The minimum absolute atomic E-state index is 0.129. The molecule has 0 bridgehead atoms. The molecule has 0 atom stereocenters. The fourth-order valence-corrected chi connectivity index (χ4v) is 2.94. The number of amides is 1. The minimum Gasteiger partial charge on any atom is -0.450 e. The van der Waals surface area contributed by atoms with E-state index in [4.69, 9.17) is 4.42 Å². The van der Waals surface area contributed by atoms with E-state index in [1.54, 1.807) is 42.5 Å². The van der Waals surface area contributed by atoms with Gasteiger partial charge in [-0.3, -0.25) is 9.59 Å². The third-order valence-corrected chi connectivity index (χ3v) is 4.39. The summed E-state index contributed by atoms with van der Waals surface area (Å²) in [6.45, 7) is 1.96. The van der Waals surface area contributed by atoms with E-state index in [-0.39, 0.29) is 17.5 Å². The van der Waals surface area contributed by atoms with Crippen LogP contribution in [0.1, 0.15) is 32.0 Å². The third kappa shape index (κ3) is 3.25. The van der Waals surface area contributed by atoms with Crippen LogP contribution in [0.2, 0.25) is 0 Å². The van der Waals surface area contributed by atoms with Crippen LogP contribution in [-0.2, 0) is 0 Å². The summed E-state index contributed by atoms with van der Waals surface area (Å²) in [7, 11) is 0. The Morgan fingerprint density at radius 1 is 0.778 bits per heavy atom. The van der Waals surface area contributed by atoms with Crippen molar-refractivity contribution < 1.29 is 14.0 Å². The van der Waals surface area contributed by atoms with Crippen LogP contribution in [0.15, 0.2) is 83.3 Å². The number of aryl methyl sites for hydroxylation is 1. The monoisotopic (exact) mass is 355 g/mol. The van der Waals surface area contributed by atoms with Gasteiger partial charge in [-0.25, -0.2) is 0 Å². The standard InChI is InChI=1S/C23H17NO3/c1-15-11-13-16(14-12-15)21(25)22-20(18-9-5-6-10-19(18)27-22)24-23(26)17-7-3-2-4-8-17/h2-14H,1H3,(H,24,26). The van der Waals surface area contributed by atoms with Gasteiger partial charge in [0.15, 0.2) is 5.76 Å². The van der Waals surface area contributed by atoms with Gasteiger partial charge < -0.3 is 9.73 Å². The van der Waals surface area contributed by atoms with Gasteiger partial charge in [-0.1, -0.05) is 60.2 Å². The molecule has 0 saturated heterocycles. The Hall–Kier alpha value is -3.66. The molecule has 0 saturated carbocycles. The minimum atomic E-state index is -0.292. The van der Waals surface area contributed by atoms with E-state index in [2.05, 4.69) is 5.32 Å². The number of benzene rings is 3. The van der Waals surface area contributed by atoms with E-state index in [1.807, 2.05) is 43.3 Å². The first-order valence-electron chi connectivity index (χ1n) is 8.63. The molecule has 0 fully saturated rings. The molecule has 4 heteroatoms. The second-order valence-electron chi connectivity index (χ2n) is 6.32. The van der Waals surface area contributed by atoms with Crippen LogP contribution in [0.4, 0.5) is 5.69 Å². The molecule has 132 valence electrons. The fraction of sp³-hybridized carbons (Fsp3) is 0.0435. The molecule has 1 amide bonds. The van der Waals surface area contributed by atoms with E-state index in [0.717, 1.165) is 5.56 Å². The van der Waals surface area contributed by atoms with Gasteiger partial charge in [0.25, 0.3) is 5.91 Å². The largest absolute Gasteiger partial charge is 0.450 e. The van der Waals surface area contributed by atoms with Gasteiger partial charge in [0.2, 0.25) is 5.78 Å². The molecule has 1 heterocycles. The summed E-state index contributed by atoms with van der Waals surface area (Å²) in [6, 6.07) is 23.4. The molecule has 3 aromatic carbocycles. The number of nitrogens with one attached hydrogen (secondary N) is 1. The molecule has 0 radical (unpaired) electrons. The number of hydrogen-bond donors (Lipinski definition) is 1. The molecule has 4 aromatic rings. The van der Waals surface area contributed by atoms with Gasteiger partial charge in [-0.2, -0.15) is 0 Å². The number of anilines is 1. The quantitative estimate of drug-likeness (QED) is 0.510. The van der Waals surface area contributed by atoms with Crippen LogP contribution in [0.25, 0.3) is 11.0 Å². The van der Waals surface area contributed by atoms with Crippen LogP contribution in [0.5, 0.6) is 0 Å². The number of hydrogen-bond acceptors (Lipinski definition) is 3. The molecule has 1 aromatic heterocycles. The molecule has 0 aliphatic carbocycles. The van der Waals surface area contributed by atoms with E-state index < -0.39 is 0 Å². The van der Waals surface area contributed by atoms with Gasteiger partial charge in [-0.05, 0) is 31.2 Å². The molecular formula is C23H17NO3. The summed E-state index contributed by atoms with van der Waals surface area (Å²) in [4.78, 5) is 25.7. The topological polar surface area (TPSA) is 59.3 Å². The van der Waals surface area contributed by atoms with Crippen molar-refractivity contribution in [3.63, 3.8) is 0 Å². The highest BCUT2D eigenvalue weighted by Crippen LogP contribution is 2.33. The Bertz CT molecular complexity index is 1130. The van der Waals surface area contributed by atoms with E-state index in [1.165, 1.54) is 0 Å². The number of carbonyl (C=O) groups is 2. The SMILES string of the molecule is Cc1ccc(C(=O)c2oc3ccccc3c2NC(=O)c2ccccc2)cc1. The maximum Gasteiger partial charge on any atom is 0.255 e. The first-order valence-corrected chi connectivity index (χ1v) is 8.63. The molecule has 0 aliphatic heterocycles. The van der Waals surface area contributed by atoms with Crippen molar-refractivity contribution in [3.8, 4) is 0 Å². The Morgan fingerprint density at radius 3 is 2.19 bits per heavy atom. The van der Waals surface area contributed by atoms with Gasteiger partial charge >= 0.3 is 0 Å². The van der Waals surface area contributed by atoms with Gasteiger partial charge in [0, 0.05) is 16.5 Å². The average Bonchev–Trinajstić information content (AvgIpc) is 3.07. The van der Waals surface area contributed by atoms with Crippen molar-refractivity contribution in [1.29, 1.82) is 0 Å². The number of rotatable bonds is 4. The summed E-state index contributed by atoms with van der Waals surface area (Å²) in [5, 5.41) is 3.55. The lowest BCUT2D eigenvalue weighted by molar-refractivity contribution is 0.101. The molecule has 0 unspecified atom stereocenters. The van der Waals surface area contributed by atoms with Crippen molar-refractivity contribution in [2.75, 3.05) is 5.32 Å². The first kappa shape index (κ1) is 16.8. The summed E-state index contributed by atoms with van der Waals surface area (Å²) in [5.41, 5.74) is 3.03. The second-order valence-corrected chi connectivity index (χ2v) is 6.32. The second kappa shape index (κ2) is 6.92. The zero-order chi connectivity index (χ0) is 18.8. The zero-order valence-corrected chi connectivity index (χ0v) is 14.7. The third-order valence-electron chi connectivity index (χ3n) is 4.39. The Morgan fingerprint density at radius 2 is 1.44 bits per heavy atom. The van der Waals surface area contributed by atoms with Crippen LogP contribution < -0.4 is 5.32 Å². The number of carbonyl (C=O) groups excluding carboxylic acids is 2. The lowest BCUT2D eigenvalue weighted by Gasteiger charge is -2.06. The maximum absolute atomic E-state index is 13.0. The highest BCUT2D eigenvalue weighted by molar-refractivity contribution is 6.18. The van der Waals surface area contributed by atoms with Crippen molar-refractivity contribution in [2.24, 2.45) is 0 Å². The molecule has 0 spiro atoms. The lowest BCUT2D eigenvalue weighted by atomic mass is 10.1. The number of fused-ring (bicyclic) bond motifs is 1. The highest BCUT2D eigenvalue weighted by Gasteiger charge is 2.23. The molecule has 0 aliphatic rings. The zero-order valence-electron chi connectivity index (χ0n) is 14.7. The summed E-state index contributed by atoms with van der Waals surface area (Å²) in [6.07, 6.45) is 0. The van der Waals surface area contributed by atoms with Gasteiger partial charge in [0.1, 0.15) is 5.58 Å². The van der Waals surface area contributed by atoms with Crippen molar-refractivity contribution in [2.45, 2.75) is 6.92 Å². The maximum atomic E-state index is 13.0. The highest BCUT2D eigenvalue weighted by atomic mass is 16.3. The van der Waals surface area contributed by atoms with Crippen molar-refractivity contribution in [3.05, 3.63) is 101 Å². The number of furan rings is 1. The summed E-state index contributed by atoms with van der Waals surface area (Å²) >= 11 is 0. The smallest absolute Gasteiger partial charge is 0.255 e. The Balaban J connectivity index is 1.79. The van der Waals surface area contributed by atoms with E-state index in [9.17, 15) is 9.59 Å². The van der Waals surface area contributed by atoms with Gasteiger partial charge in [-0.15, -0.1) is 0 Å². The molecule has 27 heavy (non-hydrogen) atoms. The Kier molecular flexibility index (Phi) is 4.30. The summed E-state index contributed by atoms with van der Waals surface area (Å²) < 4.78 is 5.82. The summed E-state index contributed by atoms with van der Waals surface area (Å²) in [5.74, 6) is -0.431. The van der Waals surface area contributed by atoms with Crippen LogP contribution in [0.3, 0.4) is 0 Å². The van der Waals surface area contributed by atoms with Crippen LogP contribution >= 0.6 is 0 Å². The van der Waals surface area contributed by atoms with Crippen LogP contribution in [-0.4, -0.2) is 11.7 Å². The van der Waals surface area contributed by atoms with E-state index >= 15 is 0 Å². The molecular weight excluding hydrogens is 338 g/mol. The lowest BCUT2D eigenvalue weighted by Crippen LogP contribution is -2.14. The van der Waals surface area contributed by atoms with Crippen LogP contribution in [0, 0.1) is 6.92 Å². The Labute approximate surface area is 156 Å². The predicted octanol–water partition coefficient (Wildman–Crippen LogP) is 5.22. The van der Waals surface area contributed by atoms with Crippen molar-refractivity contribution >= 4 is 28.3 Å². The average molecular weight is 355 g/mol. The fourth-order valence-electron chi connectivity index (χ4n) is 2.94. The molecule has 1 N–H and O–H groups in total. The number of para-hydroxylation sites is 1. The molecule has 4 nitrogen and oxygen atoms in total. The molecule has 4 rings (SSSR count). The first-order chi connectivity index (χ1) is 13.1. The normalized spacial score (nSPS) is 10.7. The van der Waals surface area contributed by atoms with E-state index in [0.29, 0.717) is 27.8 Å². The van der Waals surface area contributed by atoms with Crippen molar-refractivity contribution in [1.82, 2.24) is 0 Å².